The van der Waals surface area contributed by atoms with Crippen LogP contribution in [-0.2, 0) is 0 Å². The first-order valence-electron chi connectivity index (χ1n) is 6.51. The van der Waals surface area contributed by atoms with E-state index in [0.29, 0.717) is 6.04 Å². The van der Waals surface area contributed by atoms with Crippen molar-refractivity contribution >= 4 is 0 Å². The van der Waals surface area contributed by atoms with Crippen molar-refractivity contribution in [1.82, 2.24) is 15.1 Å². The molecule has 0 aromatic rings. The van der Waals surface area contributed by atoms with E-state index >= 15 is 0 Å². The summed E-state index contributed by atoms with van der Waals surface area (Å²) in [5.41, 5.74) is 0. The molecule has 0 spiro atoms. The maximum atomic E-state index is 3.60. The lowest BCUT2D eigenvalue weighted by molar-refractivity contribution is 0.0699. The molecule has 2 atom stereocenters. The Morgan fingerprint density at radius 2 is 1.93 bits per heavy atom. The maximum absolute atomic E-state index is 3.60. The Labute approximate surface area is 93.8 Å². The van der Waals surface area contributed by atoms with Gasteiger partial charge in [0.1, 0.15) is 0 Å². The lowest BCUT2D eigenvalue weighted by Crippen LogP contribution is -2.57. The zero-order chi connectivity index (χ0) is 10.7. The second-order valence-corrected chi connectivity index (χ2v) is 4.92. The summed E-state index contributed by atoms with van der Waals surface area (Å²) in [6.45, 7) is 12.1. The van der Waals surface area contributed by atoms with Crippen molar-refractivity contribution in [2.75, 3.05) is 39.3 Å². The standard InChI is InChI=1S/C12H25N3/c1-3-14-7-9-15(10-8-14)12-5-4-6-13-11(12)2/h11-13H,3-10H2,1-2H3. The summed E-state index contributed by atoms with van der Waals surface area (Å²) in [6.07, 6.45) is 2.74. The number of rotatable bonds is 2. The molecule has 3 nitrogen and oxygen atoms in total. The maximum Gasteiger partial charge on any atom is 0.0248 e. The van der Waals surface area contributed by atoms with E-state index in [4.69, 9.17) is 0 Å². The van der Waals surface area contributed by atoms with E-state index in [1.54, 1.807) is 0 Å². The molecule has 0 saturated carbocycles. The molecule has 1 N–H and O–H groups in total. The van der Waals surface area contributed by atoms with Gasteiger partial charge in [-0.25, -0.2) is 0 Å². The molecule has 0 amide bonds. The molecule has 15 heavy (non-hydrogen) atoms. The minimum atomic E-state index is 0.687. The van der Waals surface area contributed by atoms with Crippen LogP contribution >= 0.6 is 0 Å². The molecular formula is C12H25N3. The Balaban J connectivity index is 1.83. The van der Waals surface area contributed by atoms with E-state index in [-0.39, 0.29) is 0 Å². The zero-order valence-electron chi connectivity index (χ0n) is 10.2. The molecule has 0 bridgehead atoms. The molecule has 88 valence electrons. The van der Waals surface area contributed by atoms with Crippen molar-refractivity contribution in [3.63, 3.8) is 0 Å². The Kier molecular flexibility index (Phi) is 4.00. The van der Waals surface area contributed by atoms with E-state index in [9.17, 15) is 0 Å². The summed E-state index contributed by atoms with van der Waals surface area (Å²) in [6, 6.07) is 1.48. The molecule has 2 unspecified atom stereocenters. The highest BCUT2D eigenvalue weighted by Gasteiger charge is 2.28. The summed E-state index contributed by atoms with van der Waals surface area (Å²) >= 11 is 0. The van der Waals surface area contributed by atoms with Crippen molar-refractivity contribution in [3.8, 4) is 0 Å². The highest BCUT2D eigenvalue weighted by atomic mass is 15.3. The molecule has 2 fully saturated rings. The smallest absolute Gasteiger partial charge is 0.0248 e. The van der Waals surface area contributed by atoms with Gasteiger partial charge in [-0.1, -0.05) is 6.92 Å². The summed E-state index contributed by atoms with van der Waals surface area (Å²) < 4.78 is 0. The molecule has 0 aromatic heterocycles. The van der Waals surface area contributed by atoms with E-state index in [1.165, 1.54) is 52.1 Å². The molecule has 2 aliphatic rings. The molecule has 0 aliphatic carbocycles. The lowest BCUT2D eigenvalue weighted by Gasteiger charge is -2.43. The molecule has 2 saturated heterocycles. The molecule has 2 rings (SSSR count). The van der Waals surface area contributed by atoms with Crippen LogP contribution in [0.15, 0.2) is 0 Å². The first-order valence-corrected chi connectivity index (χ1v) is 6.51. The first-order chi connectivity index (χ1) is 7.31. The van der Waals surface area contributed by atoms with Crippen LogP contribution in [0.3, 0.4) is 0 Å². The third-order valence-electron chi connectivity index (χ3n) is 4.04. The predicted molar refractivity (Wildman–Crippen MR) is 64.2 cm³/mol. The van der Waals surface area contributed by atoms with Crippen LogP contribution < -0.4 is 5.32 Å². The fraction of sp³-hybridized carbons (Fsp3) is 1.00. The second kappa shape index (κ2) is 5.28. The topological polar surface area (TPSA) is 18.5 Å². The Hall–Kier alpha value is -0.120. The van der Waals surface area contributed by atoms with Gasteiger partial charge in [-0.2, -0.15) is 0 Å². The minimum Gasteiger partial charge on any atom is -0.313 e. The van der Waals surface area contributed by atoms with Gasteiger partial charge in [0, 0.05) is 38.3 Å². The summed E-state index contributed by atoms with van der Waals surface area (Å²) in [5, 5.41) is 3.60. The van der Waals surface area contributed by atoms with Gasteiger partial charge in [0.15, 0.2) is 0 Å². The average molecular weight is 211 g/mol. The largest absolute Gasteiger partial charge is 0.313 e. The van der Waals surface area contributed by atoms with E-state index < -0.39 is 0 Å². The third kappa shape index (κ3) is 2.71. The van der Waals surface area contributed by atoms with Crippen LogP contribution in [-0.4, -0.2) is 61.2 Å². The number of piperazine rings is 1. The summed E-state index contributed by atoms with van der Waals surface area (Å²) in [4.78, 5) is 5.25. The van der Waals surface area contributed by atoms with Crippen molar-refractivity contribution in [1.29, 1.82) is 0 Å². The lowest BCUT2D eigenvalue weighted by atomic mass is 9.97. The van der Waals surface area contributed by atoms with Gasteiger partial charge < -0.3 is 10.2 Å². The van der Waals surface area contributed by atoms with Gasteiger partial charge in [0.25, 0.3) is 0 Å². The van der Waals surface area contributed by atoms with Gasteiger partial charge in [0.2, 0.25) is 0 Å². The van der Waals surface area contributed by atoms with Crippen LogP contribution in [0.5, 0.6) is 0 Å². The monoisotopic (exact) mass is 211 g/mol. The zero-order valence-corrected chi connectivity index (χ0v) is 10.2. The fourth-order valence-corrected chi connectivity index (χ4v) is 2.94. The molecule has 2 heterocycles. The molecule has 3 heteroatoms. The summed E-state index contributed by atoms with van der Waals surface area (Å²) in [5.74, 6) is 0. The van der Waals surface area contributed by atoms with E-state index in [1.807, 2.05) is 0 Å². The van der Waals surface area contributed by atoms with Crippen molar-refractivity contribution in [2.45, 2.75) is 38.8 Å². The van der Waals surface area contributed by atoms with Crippen LogP contribution in [0.2, 0.25) is 0 Å². The molecule has 0 aromatic carbocycles. The number of nitrogens with zero attached hydrogens (tertiary/aromatic N) is 2. The predicted octanol–water partition coefficient (Wildman–Crippen LogP) is 0.764. The summed E-state index contributed by atoms with van der Waals surface area (Å²) in [7, 11) is 0. The number of hydrogen-bond acceptors (Lipinski definition) is 3. The number of hydrogen-bond donors (Lipinski definition) is 1. The Morgan fingerprint density at radius 1 is 1.20 bits per heavy atom. The Morgan fingerprint density at radius 3 is 2.53 bits per heavy atom. The highest BCUT2D eigenvalue weighted by Crippen LogP contribution is 2.17. The number of piperidine rings is 1. The van der Waals surface area contributed by atoms with Crippen LogP contribution in [0.4, 0.5) is 0 Å². The van der Waals surface area contributed by atoms with Crippen molar-refractivity contribution < 1.29 is 0 Å². The second-order valence-electron chi connectivity index (χ2n) is 4.92. The SMILES string of the molecule is CCN1CCN(C2CCCNC2C)CC1. The van der Waals surface area contributed by atoms with E-state index in [0.717, 1.165) is 6.04 Å². The van der Waals surface area contributed by atoms with Gasteiger partial charge >= 0.3 is 0 Å². The normalized spacial score (nSPS) is 35.6. The van der Waals surface area contributed by atoms with Crippen LogP contribution in [0.1, 0.15) is 26.7 Å². The van der Waals surface area contributed by atoms with Gasteiger partial charge in [-0.3, -0.25) is 4.90 Å². The van der Waals surface area contributed by atoms with E-state index in [2.05, 4.69) is 29.0 Å². The van der Waals surface area contributed by atoms with Gasteiger partial charge in [-0.05, 0) is 32.9 Å². The average Bonchev–Trinajstić information content (AvgIpc) is 2.30. The van der Waals surface area contributed by atoms with Crippen LogP contribution in [0.25, 0.3) is 0 Å². The van der Waals surface area contributed by atoms with Crippen LogP contribution in [0, 0.1) is 0 Å². The Bertz CT molecular complexity index is 187. The fourth-order valence-electron chi connectivity index (χ4n) is 2.94. The first kappa shape index (κ1) is 11.4. The number of likely N-dealkylation sites (N-methyl/N-ethyl adjacent to an activating group) is 1. The highest BCUT2D eigenvalue weighted by molar-refractivity contribution is 4.87. The minimum absolute atomic E-state index is 0.687. The molecular weight excluding hydrogens is 186 g/mol. The molecule has 0 radical (unpaired) electrons. The van der Waals surface area contributed by atoms with Gasteiger partial charge in [0.05, 0.1) is 0 Å². The molecule has 2 aliphatic heterocycles. The van der Waals surface area contributed by atoms with Crippen molar-refractivity contribution in [3.05, 3.63) is 0 Å². The number of nitrogens with one attached hydrogen (secondary N) is 1. The third-order valence-corrected chi connectivity index (χ3v) is 4.04. The quantitative estimate of drug-likeness (QED) is 0.728. The van der Waals surface area contributed by atoms with Gasteiger partial charge in [-0.15, -0.1) is 0 Å². The van der Waals surface area contributed by atoms with Crippen molar-refractivity contribution in [2.24, 2.45) is 0 Å².